The van der Waals surface area contributed by atoms with Crippen LogP contribution in [-0.2, 0) is 17.8 Å². The number of fused-ring (bicyclic) bond motifs is 3. The Morgan fingerprint density at radius 2 is 1.94 bits per heavy atom. The highest BCUT2D eigenvalue weighted by atomic mass is 16.3. The molecule has 0 bridgehead atoms. The third kappa shape index (κ3) is 3.47. The Morgan fingerprint density at radius 1 is 1.18 bits per heavy atom. The van der Waals surface area contributed by atoms with E-state index in [2.05, 4.69) is 26.1 Å². The van der Waals surface area contributed by atoms with Gasteiger partial charge in [-0.15, -0.1) is 0 Å². The van der Waals surface area contributed by atoms with E-state index in [1.54, 1.807) is 17.2 Å². The van der Waals surface area contributed by atoms with Crippen molar-refractivity contribution in [3.05, 3.63) is 53.9 Å². The molecular weight excluding hydrogens is 414 g/mol. The smallest absolute Gasteiger partial charge is 0.276 e. The topological polar surface area (TPSA) is 67.5 Å². The lowest BCUT2D eigenvalue weighted by atomic mass is 9.77. The Morgan fingerprint density at radius 3 is 2.67 bits per heavy atom. The van der Waals surface area contributed by atoms with Gasteiger partial charge in [-0.2, -0.15) is 0 Å². The largest absolute Gasteiger partial charge is 0.463 e. The number of nitrogens with one attached hydrogen (secondary N) is 1. The zero-order valence-electron chi connectivity index (χ0n) is 19.9. The molecule has 2 amide bonds. The van der Waals surface area contributed by atoms with Crippen molar-refractivity contribution in [2.45, 2.75) is 71.5 Å². The molecule has 6 nitrogen and oxygen atoms in total. The fourth-order valence-corrected chi connectivity index (χ4v) is 5.61. The minimum Gasteiger partial charge on any atom is -0.463 e. The molecule has 1 saturated carbocycles. The van der Waals surface area contributed by atoms with Gasteiger partial charge in [0.2, 0.25) is 5.91 Å². The molecule has 2 aliphatic rings. The van der Waals surface area contributed by atoms with E-state index in [1.165, 1.54) is 12.0 Å². The van der Waals surface area contributed by atoms with Crippen LogP contribution in [0.5, 0.6) is 0 Å². The molecule has 1 aliphatic carbocycles. The quantitative estimate of drug-likeness (QED) is 0.601. The second-order valence-electron chi connectivity index (χ2n) is 10.1. The van der Waals surface area contributed by atoms with Crippen LogP contribution in [0.2, 0.25) is 0 Å². The Balaban J connectivity index is 1.57. The lowest BCUT2D eigenvalue weighted by Gasteiger charge is -2.45. The molecule has 1 fully saturated rings. The van der Waals surface area contributed by atoms with Gasteiger partial charge in [0, 0.05) is 23.9 Å². The van der Waals surface area contributed by atoms with Crippen molar-refractivity contribution < 1.29 is 14.0 Å². The highest BCUT2D eigenvalue weighted by Gasteiger charge is 2.49. The van der Waals surface area contributed by atoms with Gasteiger partial charge in [0.15, 0.2) is 5.58 Å². The second-order valence-corrected chi connectivity index (χ2v) is 10.1. The average Bonchev–Trinajstić information content (AvgIpc) is 3.40. The molecule has 174 valence electrons. The van der Waals surface area contributed by atoms with Crippen LogP contribution in [0.3, 0.4) is 0 Å². The van der Waals surface area contributed by atoms with Crippen LogP contribution in [0, 0.1) is 11.8 Å². The summed E-state index contributed by atoms with van der Waals surface area (Å²) in [6.07, 6.45) is 5.84. The number of anilines is 1. The zero-order chi connectivity index (χ0) is 23.3. The molecule has 0 spiro atoms. The van der Waals surface area contributed by atoms with Crippen LogP contribution in [0.4, 0.5) is 5.69 Å². The Bertz CT molecular complexity index is 1190. The van der Waals surface area contributed by atoms with Crippen molar-refractivity contribution in [1.29, 1.82) is 0 Å². The van der Waals surface area contributed by atoms with E-state index >= 15 is 0 Å². The normalized spacial score (nSPS) is 27.6. The summed E-state index contributed by atoms with van der Waals surface area (Å²) in [5, 5.41) is 3.35. The summed E-state index contributed by atoms with van der Waals surface area (Å²) in [6, 6.07) is 11.7. The van der Waals surface area contributed by atoms with Crippen molar-refractivity contribution in [3.8, 4) is 0 Å². The first-order chi connectivity index (χ1) is 15.8. The molecule has 1 aliphatic heterocycles. The van der Waals surface area contributed by atoms with Crippen LogP contribution >= 0.6 is 0 Å². The van der Waals surface area contributed by atoms with Crippen molar-refractivity contribution in [3.63, 3.8) is 0 Å². The van der Waals surface area contributed by atoms with Crippen LogP contribution in [0.1, 0.15) is 63.0 Å². The van der Waals surface area contributed by atoms with Gasteiger partial charge in [0.05, 0.1) is 18.3 Å². The molecule has 0 radical (unpaired) electrons. The maximum absolute atomic E-state index is 14.0. The highest BCUT2D eigenvalue weighted by molar-refractivity contribution is 6.13. The summed E-state index contributed by atoms with van der Waals surface area (Å²) in [5.41, 5.74) is 2.93. The van der Waals surface area contributed by atoms with Gasteiger partial charge in [-0.05, 0) is 49.3 Å². The molecule has 6 heteroatoms. The minimum absolute atomic E-state index is 0.0997. The van der Waals surface area contributed by atoms with E-state index in [0.29, 0.717) is 29.7 Å². The molecule has 5 rings (SSSR count). The summed E-state index contributed by atoms with van der Waals surface area (Å²) in [7, 11) is 0. The minimum atomic E-state index is -1.07. The van der Waals surface area contributed by atoms with Crippen LogP contribution in [-0.4, -0.2) is 28.0 Å². The second kappa shape index (κ2) is 8.08. The first-order valence-corrected chi connectivity index (χ1v) is 12.1. The first-order valence-electron chi connectivity index (χ1n) is 12.1. The number of nitrogens with zero attached hydrogens (tertiary/aromatic N) is 2. The van der Waals surface area contributed by atoms with E-state index in [0.717, 1.165) is 30.5 Å². The monoisotopic (exact) mass is 447 g/mol. The predicted octanol–water partition coefficient (Wildman–Crippen LogP) is 5.16. The number of carbonyl (C=O) groups is 2. The summed E-state index contributed by atoms with van der Waals surface area (Å²) in [4.78, 5) is 29.5. The van der Waals surface area contributed by atoms with Gasteiger partial charge in [0.1, 0.15) is 11.2 Å². The van der Waals surface area contributed by atoms with Gasteiger partial charge in [-0.3, -0.25) is 14.5 Å². The Labute approximate surface area is 194 Å². The number of carbonyl (C=O) groups excluding carboxylic acids is 2. The van der Waals surface area contributed by atoms with E-state index in [-0.39, 0.29) is 17.9 Å². The predicted molar refractivity (Wildman–Crippen MR) is 129 cm³/mol. The Hall–Kier alpha value is -3.02. The summed E-state index contributed by atoms with van der Waals surface area (Å²) < 4.78 is 7.51. The first kappa shape index (κ1) is 21.8. The fraction of sp³-hybridized carbons (Fsp3) is 0.481. The molecule has 0 saturated heterocycles. The van der Waals surface area contributed by atoms with Gasteiger partial charge in [-0.1, -0.05) is 45.7 Å². The summed E-state index contributed by atoms with van der Waals surface area (Å²) in [6.45, 7) is 8.85. The van der Waals surface area contributed by atoms with E-state index in [4.69, 9.17) is 4.42 Å². The number of rotatable bonds is 4. The number of aromatic nitrogens is 1. The van der Waals surface area contributed by atoms with E-state index in [1.807, 2.05) is 41.8 Å². The lowest BCUT2D eigenvalue weighted by molar-refractivity contribution is -0.128. The summed E-state index contributed by atoms with van der Waals surface area (Å²) >= 11 is 0. The number of benzene rings is 1. The van der Waals surface area contributed by atoms with Crippen molar-refractivity contribution in [1.82, 2.24) is 9.88 Å². The molecule has 3 heterocycles. The van der Waals surface area contributed by atoms with Crippen molar-refractivity contribution >= 4 is 28.6 Å². The molecule has 1 N–H and O–H groups in total. The third-order valence-corrected chi connectivity index (χ3v) is 8.02. The average molecular weight is 448 g/mol. The number of aryl methyl sites for hydroxylation is 1. The SMILES string of the molecule is CCc1ccc(N2C(=O)c3cc4occc4n3C[C@]2(C)C(=O)N[C@@H]2CCC[C@@H](C)[C@H]2C)cc1. The molecule has 2 aromatic heterocycles. The number of hydrogen-bond acceptors (Lipinski definition) is 3. The van der Waals surface area contributed by atoms with Crippen molar-refractivity contribution in [2.75, 3.05) is 4.90 Å². The van der Waals surface area contributed by atoms with Crippen LogP contribution < -0.4 is 10.2 Å². The van der Waals surface area contributed by atoms with Crippen molar-refractivity contribution in [2.24, 2.45) is 11.8 Å². The number of hydrogen-bond donors (Lipinski definition) is 1. The van der Waals surface area contributed by atoms with E-state index in [9.17, 15) is 9.59 Å². The maximum atomic E-state index is 14.0. The van der Waals surface area contributed by atoms with Crippen LogP contribution in [0.25, 0.3) is 11.1 Å². The van der Waals surface area contributed by atoms with E-state index < -0.39 is 5.54 Å². The maximum Gasteiger partial charge on any atom is 0.276 e. The molecule has 33 heavy (non-hydrogen) atoms. The third-order valence-electron chi connectivity index (χ3n) is 8.02. The zero-order valence-corrected chi connectivity index (χ0v) is 19.9. The van der Waals surface area contributed by atoms with Crippen LogP contribution in [0.15, 0.2) is 47.1 Å². The molecule has 4 atom stereocenters. The molecular formula is C27H33N3O3. The summed E-state index contributed by atoms with van der Waals surface area (Å²) in [5.74, 6) is 0.701. The van der Waals surface area contributed by atoms with Gasteiger partial charge >= 0.3 is 0 Å². The number of amides is 2. The standard InChI is InChI=1S/C27H33N3O3/c1-5-19-9-11-20(12-10-19)30-25(31)23-15-24-22(13-14-33-24)29(23)16-27(30,4)26(32)28-21-8-6-7-17(2)18(21)3/h9-15,17-18,21H,5-8,16H2,1-4H3,(H,28,32)/t17-,18-,21-,27-/m1/s1. The molecule has 1 aromatic carbocycles. The Kier molecular flexibility index (Phi) is 5.34. The molecule has 3 aromatic rings. The van der Waals surface area contributed by atoms with Gasteiger partial charge in [-0.25, -0.2) is 0 Å². The highest BCUT2D eigenvalue weighted by Crippen LogP contribution is 2.37. The fourth-order valence-electron chi connectivity index (χ4n) is 5.61. The number of furan rings is 1. The van der Waals surface area contributed by atoms with Gasteiger partial charge in [0.25, 0.3) is 5.91 Å². The molecule has 0 unspecified atom stereocenters. The van der Waals surface area contributed by atoms with Gasteiger partial charge < -0.3 is 14.3 Å². The lowest BCUT2D eigenvalue weighted by Crippen LogP contribution is -2.66.